The molecule has 7 heteroatoms. The van der Waals surface area contributed by atoms with E-state index in [-0.39, 0.29) is 10.5 Å². The van der Waals surface area contributed by atoms with E-state index in [2.05, 4.69) is 4.72 Å². The number of para-hydroxylation sites is 1. The highest BCUT2D eigenvalue weighted by atomic mass is 32.2. The van der Waals surface area contributed by atoms with Crippen LogP contribution in [0.3, 0.4) is 0 Å². The fourth-order valence-corrected chi connectivity index (χ4v) is 4.59. The number of amides is 1. The summed E-state index contributed by atoms with van der Waals surface area (Å²) < 4.78 is 28.2. The lowest BCUT2D eigenvalue weighted by atomic mass is 10.1. The van der Waals surface area contributed by atoms with Crippen LogP contribution in [0.5, 0.6) is 0 Å². The SMILES string of the molecule is Cc1ccc(S(=O)(=O)Nc2ccccc2Sc2ccccc2)cc1C(N)=O. The van der Waals surface area contributed by atoms with Crippen molar-refractivity contribution in [3.05, 3.63) is 83.9 Å². The number of hydrogen-bond donors (Lipinski definition) is 2. The molecule has 3 rings (SSSR count). The zero-order chi connectivity index (χ0) is 19.4. The Balaban J connectivity index is 1.93. The average molecular weight is 399 g/mol. The van der Waals surface area contributed by atoms with E-state index in [1.54, 1.807) is 25.1 Å². The highest BCUT2D eigenvalue weighted by Crippen LogP contribution is 2.34. The molecule has 0 saturated carbocycles. The van der Waals surface area contributed by atoms with Crippen LogP contribution in [0.1, 0.15) is 15.9 Å². The van der Waals surface area contributed by atoms with Crippen molar-refractivity contribution in [1.29, 1.82) is 0 Å². The van der Waals surface area contributed by atoms with Crippen LogP contribution in [0.4, 0.5) is 5.69 Å². The molecule has 0 unspecified atom stereocenters. The maximum absolute atomic E-state index is 12.8. The van der Waals surface area contributed by atoms with Crippen LogP contribution in [0.2, 0.25) is 0 Å². The number of hydrogen-bond acceptors (Lipinski definition) is 4. The Labute approximate surface area is 162 Å². The number of primary amides is 1. The third-order valence-electron chi connectivity index (χ3n) is 3.89. The van der Waals surface area contributed by atoms with Crippen LogP contribution < -0.4 is 10.5 Å². The predicted molar refractivity (Wildman–Crippen MR) is 108 cm³/mol. The van der Waals surface area contributed by atoms with Gasteiger partial charge >= 0.3 is 0 Å². The minimum atomic E-state index is -3.87. The van der Waals surface area contributed by atoms with Gasteiger partial charge in [0.2, 0.25) is 5.91 Å². The molecule has 3 N–H and O–H groups in total. The minimum Gasteiger partial charge on any atom is -0.366 e. The normalized spacial score (nSPS) is 11.1. The molecule has 3 aromatic carbocycles. The average Bonchev–Trinajstić information content (AvgIpc) is 2.64. The summed E-state index contributed by atoms with van der Waals surface area (Å²) in [6.45, 7) is 1.70. The Morgan fingerprint density at radius 3 is 2.33 bits per heavy atom. The zero-order valence-corrected chi connectivity index (χ0v) is 16.2. The first-order chi connectivity index (χ1) is 12.9. The van der Waals surface area contributed by atoms with E-state index in [0.717, 1.165) is 9.79 Å². The number of rotatable bonds is 6. The van der Waals surface area contributed by atoms with Crippen molar-refractivity contribution in [2.45, 2.75) is 21.6 Å². The van der Waals surface area contributed by atoms with Gasteiger partial charge in [-0.05, 0) is 48.9 Å². The molecule has 27 heavy (non-hydrogen) atoms. The number of carbonyl (C=O) groups is 1. The van der Waals surface area contributed by atoms with Gasteiger partial charge in [-0.15, -0.1) is 0 Å². The topological polar surface area (TPSA) is 89.3 Å². The second-order valence-corrected chi connectivity index (χ2v) is 8.66. The van der Waals surface area contributed by atoms with Crippen LogP contribution >= 0.6 is 11.8 Å². The number of nitrogens with two attached hydrogens (primary N) is 1. The van der Waals surface area contributed by atoms with Crippen molar-refractivity contribution >= 4 is 33.4 Å². The predicted octanol–water partition coefficient (Wildman–Crippen LogP) is 4.05. The summed E-state index contributed by atoms with van der Waals surface area (Å²) in [5.74, 6) is -0.662. The van der Waals surface area contributed by atoms with Crippen molar-refractivity contribution < 1.29 is 13.2 Å². The second kappa shape index (κ2) is 7.85. The molecule has 0 aliphatic carbocycles. The summed E-state index contributed by atoms with van der Waals surface area (Å²) in [5, 5.41) is 0. The van der Waals surface area contributed by atoms with Crippen LogP contribution in [0.25, 0.3) is 0 Å². The van der Waals surface area contributed by atoms with Crippen molar-refractivity contribution in [1.82, 2.24) is 0 Å². The van der Waals surface area contributed by atoms with Gasteiger partial charge in [0, 0.05) is 15.4 Å². The number of anilines is 1. The van der Waals surface area contributed by atoms with E-state index in [1.165, 1.54) is 23.9 Å². The van der Waals surface area contributed by atoms with Gasteiger partial charge in [0.15, 0.2) is 0 Å². The third kappa shape index (κ3) is 4.50. The lowest BCUT2D eigenvalue weighted by Gasteiger charge is -2.13. The Hall–Kier alpha value is -2.77. The van der Waals surface area contributed by atoms with Gasteiger partial charge in [0.05, 0.1) is 10.6 Å². The number of benzene rings is 3. The molecule has 1 amide bonds. The quantitative estimate of drug-likeness (QED) is 0.656. The van der Waals surface area contributed by atoms with Crippen molar-refractivity contribution in [2.75, 3.05) is 4.72 Å². The van der Waals surface area contributed by atoms with Crippen LogP contribution in [-0.4, -0.2) is 14.3 Å². The number of aryl methyl sites for hydroxylation is 1. The summed E-state index contributed by atoms with van der Waals surface area (Å²) in [6, 6.07) is 21.2. The molecular formula is C20H18N2O3S2. The molecule has 0 aliphatic heterocycles. The van der Waals surface area contributed by atoms with Crippen molar-refractivity contribution in [3.8, 4) is 0 Å². The first-order valence-electron chi connectivity index (χ1n) is 8.12. The highest BCUT2D eigenvalue weighted by molar-refractivity contribution is 7.99. The number of sulfonamides is 1. The Morgan fingerprint density at radius 1 is 0.963 bits per heavy atom. The smallest absolute Gasteiger partial charge is 0.261 e. The van der Waals surface area contributed by atoms with Gasteiger partial charge < -0.3 is 5.73 Å². The third-order valence-corrected chi connectivity index (χ3v) is 6.33. The van der Waals surface area contributed by atoms with Gasteiger partial charge in [-0.1, -0.05) is 48.2 Å². The van der Waals surface area contributed by atoms with Crippen LogP contribution in [0, 0.1) is 6.92 Å². The molecule has 3 aromatic rings. The van der Waals surface area contributed by atoms with E-state index in [9.17, 15) is 13.2 Å². The summed E-state index contributed by atoms with van der Waals surface area (Å²) >= 11 is 1.46. The summed E-state index contributed by atoms with van der Waals surface area (Å²) in [5.41, 5.74) is 6.61. The minimum absolute atomic E-state index is 0.0126. The van der Waals surface area contributed by atoms with E-state index in [0.29, 0.717) is 11.3 Å². The largest absolute Gasteiger partial charge is 0.366 e. The van der Waals surface area contributed by atoms with E-state index in [1.807, 2.05) is 42.5 Å². The Bertz CT molecular complexity index is 1080. The van der Waals surface area contributed by atoms with Gasteiger partial charge in [-0.3, -0.25) is 9.52 Å². The molecule has 138 valence electrons. The molecule has 0 atom stereocenters. The Morgan fingerprint density at radius 2 is 1.63 bits per heavy atom. The fourth-order valence-electron chi connectivity index (χ4n) is 2.49. The molecule has 5 nitrogen and oxygen atoms in total. The first kappa shape index (κ1) is 19.0. The van der Waals surface area contributed by atoms with Gasteiger partial charge in [-0.2, -0.15) is 0 Å². The number of nitrogens with one attached hydrogen (secondary N) is 1. The van der Waals surface area contributed by atoms with Gasteiger partial charge in [-0.25, -0.2) is 8.42 Å². The lowest BCUT2D eigenvalue weighted by Crippen LogP contribution is -2.17. The van der Waals surface area contributed by atoms with E-state index >= 15 is 0 Å². The molecule has 0 heterocycles. The van der Waals surface area contributed by atoms with Crippen molar-refractivity contribution in [2.24, 2.45) is 5.73 Å². The maximum Gasteiger partial charge on any atom is 0.261 e. The summed E-state index contributed by atoms with van der Waals surface area (Å²) in [4.78, 5) is 13.3. The molecule has 0 aromatic heterocycles. The van der Waals surface area contributed by atoms with Crippen molar-refractivity contribution in [3.63, 3.8) is 0 Å². The van der Waals surface area contributed by atoms with E-state index < -0.39 is 15.9 Å². The molecular weight excluding hydrogens is 380 g/mol. The second-order valence-electron chi connectivity index (χ2n) is 5.86. The number of carbonyl (C=O) groups excluding carboxylic acids is 1. The van der Waals surface area contributed by atoms with E-state index in [4.69, 9.17) is 5.73 Å². The highest BCUT2D eigenvalue weighted by Gasteiger charge is 2.18. The van der Waals surface area contributed by atoms with Gasteiger partial charge in [0.1, 0.15) is 0 Å². The summed E-state index contributed by atoms with van der Waals surface area (Å²) in [6.07, 6.45) is 0. The lowest BCUT2D eigenvalue weighted by molar-refractivity contribution is 0.0999. The molecule has 0 saturated heterocycles. The molecule has 0 fully saturated rings. The monoisotopic (exact) mass is 398 g/mol. The molecule has 0 aliphatic rings. The molecule has 0 radical (unpaired) electrons. The first-order valence-corrected chi connectivity index (χ1v) is 10.4. The fraction of sp³-hybridized carbons (Fsp3) is 0.0500. The zero-order valence-electron chi connectivity index (χ0n) is 14.5. The summed E-state index contributed by atoms with van der Waals surface area (Å²) in [7, 11) is -3.87. The molecule has 0 spiro atoms. The van der Waals surface area contributed by atoms with Gasteiger partial charge in [0.25, 0.3) is 10.0 Å². The Kier molecular flexibility index (Phi) is 5.53. The maximum atomic E-state index is 12.8. The molecule has 0 bridgehead atoms. The van der Waals surface area contributed by atoms with Crippen LogP contribution in [-0.2, 0) is 10.0 Å². The standard InChI is InChI=1S/C20H18N2O3S2/c1-14-11-12-16(13-17(14)20(21)23)27(24,25)22-18-9-5-6-10-19(18)26-15-7-3-2-4-8-15/h2-13,22H,1H3,(H2,21,23). The van der Waals surface area contributed by atoms with Crippen LogP contribution in [0.15, 0.2) is 87.5 Å².